The van der Waals surface area contributed by atoms with Crippen molar-refractivity contribution in [2.45, 2.75) is 0 Å². The molecular formula is H2INS2. The van der Waals surface area contributed by atoms with Crippen LogP contribution in [-0.2, 0) is 0 Å². The molecule has 0 saturated carbocycles. The van der Waals surface area contributed by atoms with E-state index in [-0.39, 0.29) is 0 Å². The largest absolute Gasteiger partial charge is 0.202 e. The molecule has 1 N–H and O–H groups in total. The van der Waals surface area contributed by atoms with Crippen LogP contribution < -0.4 is 4.13 Å². The Balaban J connectivity index is 1.97. The van der Waals surface area contributed by atoms with Crippen LogP contribution in [0.25, 0.3) is 0 Å². The first kappa shape index (κ1) is 5.39. The average molecular weight is 207 g/mol. The van der Waals surface area contributed by atoms with E-state index in [9.17, 15) is 0 Å². The minimum Gasteiger partial charge on any atom is -0.202 e. The molecule has 0 aromatic carbocycles. The minimum absolute atomic E-state index is 1.44. The van der Waals surface area contributed by atoms with Gasteiger partial charge >= 0.3 is 0 Å². The van der Waals surface area contributed by atoms with E-state index in [4.69, 9.17) is 0 Å². The van der Waals surface area contributed by atoms with Crippen molar-refractivity contribution < 1.29 is 0 Å². The molecule has 0 radical (unpaired) electrons. The summed E-state index contributed by atoms with van der Waals surface area (Å²) < 4.78 is 2.53. The van der Waals surface area contributed by atoms with Gasteiger partial charge in [0, 0.05) is 30.3 Å². The Bertz CT molecular complexity index is 8.00. The van der Waals surface area contributed by atoms with Crippen LogP contribution in [0.5, 0.6) is 0 Å². The molecule has 0 fully saturated rings. The molecule has 0 saturated heterocycles. The smallest absolute Gasteiger partial charge is 0.0153 e. The maximum atomic E-state index is 3.63. The van der Waals surface area contributed by atoms with E-state index in [2.05, 4.69) is 38.1 Å². The topological polar surface area (TPSA) is 12.0 Å². The molecule has 0 spiro atoms. The van der Waals surface area contributed by atoms with Crippen molar-refractivity contribution in [3.63, 3.8) is 0 Å². The standard InChI is InChI=1S/H2INS2/c1-4-2-3/h2-3H. The van der Waals surface area contributed by atoms with Crippen LogP contribution in [0.15, 0.2) is 0 Å². The summed E-state index contributed by atoms with van der Waals surface area (Å²) in [4.78, 5) is 0. The van der Waals surface area contributed by atoms with Gasteiger partial charge in [-0.3, -0.25) is 0 Å². The van der Waals surface area contributed by atoms with Crippen molar-refractivity contribution in [3.8, 4) is 0 Å². The molecule has 26 valence electrons. The van der Waals surface area contributed by atoms with Gasteiger partial charge in [0.1, 0.15) is 0 Å². The highest BCUT2D eigenvalue weighted by atomic mass is 127. The third kappa shape index (κ3) is 3.39. The molecule has 4 heteroatoms. The molecule has 0 heterocycles. The van der Waals surface area contributed by atoms with Crippen molar-refractivity contribution >= 4 is 43.1 Å². The van der Waals surface area contributed by atoms with Crippen molar-refractivity contribution in [3.05, 3.63) is 0 Å². The van der Waals surface area contributed by atoms with E-state index >= 15 is 0 Å². The Morgan fingerprint density at radius 2 is 2.25 bits per heavy atom. The van der Waals surface area contributed by atoms with Gasteiger partial charge in [-0.05, 0) is 0 Å². The molecule has 0 atom stereocenters. The van der Waals surface area contributed by atoms with Gasteiger partial charge in [-0.25, -0.2) is 4.13 Å². The monoisotopic (exact) mass is 207 g/mol. The lowest BCUT2D eigenvalue weighted by Crippen LogP contribution is -1.66. The van der Waals surface area contributed by atoms with E-state index in [0.29, 0.717) is 0 Å². The van der Waals surface area contributed by atoms with E-state index in [1.165, 1.54) is 9.12 Å². The molecule has 4 heavy (non-hydrogen) atoms. The van der Waals surface area contributed by atoms with Gasteiger partial charge in [0.2, 0.25) is 0 Å². The molecule has 0 rings (SSSR count). The zero-order valence-electron chi connectivity index (χ0n) is 1.73. The number of hydrogen-bond acceptors (Lipinski definition) is 3. The summed E-state index contributed by atoms with van der Waals surface area (Å²) in [5.74, 6) is 0. The molecule has 0 aromatic heterocycles. The zero-order valence-corrected chi connectivity index (χ0v) is 5.60. The van der Waals surface area contributed by atoms with Crippen molar-refractivity contribution in [2.24, 2.45) is 0 Å². The van der Waals surface area contributed by atoms with Gasteiger partial charge in [-0.1, -0.05) is 12.8 Å². The number of thiol groups is 1. The van der Waals surface area contributed by atoms with Crippen molar-refractivity contribution in [1.82, 2.24) is 4.13 Å². The quantitative estimate of drug-likeness (QED) is 0.383. The van der Waals surface area contributed by atoms with Crippen LogP contribution in [0, 0.1) is 0 Å². The van der Waals surface area contributed by atoms with Crippen LogP contribution in [0.1, 0.15) is 0 Å². The number of rotatable bonds is 1. The Labute approximate surface area is 47.2 Å². The molecule has 0 amide bonds. The predicted octanol–water partition coefficient (Wildman–Crippen LogP) is 1.42. The van der Waals surface area contributed by atoms with E-state index in [1.807, 2.05) is 0 Å². The van der Waals surface area contributed by atoms with Crippen LogP contribution in [0.4, 0.5) is 0 Å². The Morgan fingerprint density at radius 3 is 2.25 bits per heavy atom. The summed E-state index contributed by atoms with van der Waals surface area (Å²) in [5.41, 5.74) is 0. The maximum absolute atomic E-state index is 3.63. The third-order valence-corrected chi connectivity index (χ3v) is 2.08. The van der Waals surface area contributed by atoms with E-state index in [0.717, 1.165) is 0 Å². The lowest BCUT2D eigenvalue weighted by molar-refractivity contribution is 1.82. The highest BCUT2D eigenvalue weighted by molar-refractivity contribution is 14.2. The summed E-state index contributed by atoms with van der Waals surface area (Å²) in [7, 11) is 1.44. The fraction of sp³-hybridized carbons (Fsp3) is 0. The van der Waals surface area contributed by atoms with E-state index in [1.54, 1.807) is 0 Å². The van der Waals surface area contributed by atoms with Crippen LogP contribution >= 0.6 is 43.1 Å². The Morgan fingerprint density at radius 1 is 2.00 bits per heavy atom. The summed E-state index contributed by atoms with van der Waals surface area (Å²) in [6.07, 6.45) is 0. The second-order valence-corrected chi connectivity index (χ2v) is 2.37. The lowest BCUT2D eigenvalue weighted by atomic mass is 13.9. The summed E-state index contributed by atoms with van der Waals surface area (Å²) in [6, 6.07) is 0. The molecule has 1 nitrogen and oxygen atoms in total. The first-order valence-electron chi connectivity index (χ1n) is 0.582. The maximum Gasteiger partial charge on any atom is 0.0153 e. The highest BCUT2D eigenvalue weighted by Crippen LogP contribution is 2.03. The van der Waals surface area contributed by atoms with Crippen LogP contribution in [0.2, 0.25) is 0 Å². The first-order chi connectivity index (χ1) is 1.91. The average Bonchev–Trinajstić information content (AvgIpc) is 1.37. The molecule has 0 aromatic rings. The minimum atomic E-state index is 1.44. The fourth-order valence-electron chi connectivity index (χ4n) is 0. The van der Waals surface area contributed by atoms with Crippen LogP contribution in [0.3, 0.4) is 0 Å². The summed E-state index contributed by atoms with van der Waals surface area (Å²) in [5, 5.41) is 0. The predicted molar refractivity (Wildman–Crippen MR) is 33.7 cm³/mol. The van der Waals surface area contributed by atoms with Gasteiger partial charge < -0.3 is 0 Å². The zero-order chi connectivity index (χ0) is 3.41. The molecule has 0 unspecified atom stereocenters. The van der Waals surface area contributed by atoms with Crippen molar-refractivity contribution in [1.29, 1.82) is 0 Å². The van der Waals surface area contributed by atoms with Gasteiger partial charge in [0.25, 0.3) is 0 Å². The molecule has 0 bridgehead atoms. The molecule has 0 aliphatic carbocycles. The Hall–Kier alpha value is 1.39. The van der Waals surface area contributed by atoms with E-state index < -0.39 is 0 Å². The number of halogens is 1. The SMILES string of the molecule is SNSI. The van der Waals surface area contributed by atoms with Crippen molar-refractivity contribution in [2.75, 3.05) is 0 Å². The van der Waals surface area contributed by atoms with Gasteiger partial charge in [0.05, 0.1) is 0 Å². The number of hydrogen-bond donors (Lipinski definition) is 2. The second-order valence-electron chi connectivity index (χ2n) is 0.168. The highest BCUT2D eigenvalue weighted by Gasteiger charge is 1.54. The lowest BCUT2D eigenvalue weighted by Gasteiger charge is -1.71. The fourth-order valence-corrected chi connectivity index (χ4v) is 0. The Kier molecular flexibility index (Phi) is 5.92. The van der Waals surface area contributed by atoms with Gasteiger partial charge in [-0.2, -0.15) is 0 Å². The number of nitrogens with one attached hydrogen (secondary N) is 1. The van der Waals surface area contributed by atoms with Gasteiger partial charge in [-0.15, -0.1) is 0 Å². The summed E-state index contributed by atoms with van der Waals surface area (Å²) >= 11 is 5.71. The molecular weight excluding hydrogens is 205 g/mol. The molecule has 0 aliphatic heterocycles. The first-order valence-corrected chi connectivity index (χ1v) is 4.39. The molecule has 0 aliphatic rings. The second kappa shape index (κ2) is 4.39. The third-order valence-electron chi connectivity index (χ3n) is 0.0345. The van der Waals surface area contributed by atoms with Crippen LogP contribution in [-0.4, -0.2) is 0 Å². The summed E-state index contributed by atoms with van der Waals surface area (Å²) in [6.45, 7) is 0. The van der Waals surface area contributed by atoms with Gasteiger partial charge in [0.15, 0.2) is 0 Å². The normalized spacial score (nSPS) is 7.50.